The van der Waals surface area contributed by atoms with Crippen LogP contribution in [0.3, 0.4) is 0 Å². The van der Waals surface area contributed by atoms with Gasteiger partial charge in [0.2, 0.25) is 0 Å². The van der Waals surface area contributed by atoms with Gasteiger partial charge in [-0.2, -0.15) is 0 Å². The van der Waals surface area contributed by atoms with Gasteiger partial charge >= 0.3 is 130 Å². The number of hydrogen-bond acceptors (Lipinski definition) is 5. The second kappa shape index (κ2) is 5.43. The van der Waals surface area contributed by atoms with Crippen LogP contribution >= 0.6 is 7.51 Å². The van der Waals surface area contributed by atoms with E-state index in [0.29, 0.717) is 31.2 Å². The van der Waals surface area contributed by atoms with Crippen molar-refractivity contribution < 1.29 is 22.9 Å². The minimum atomic E-state index is -3.87. The predicted molar refractivity (Wildman–Crippen MR) is 84.1 cm³/mol. The molecular weight excluding hydrogens is 303 g/mol. The summed E-state index contributed by atoms with van der Waals surface area (Å²) in [4.78, 5) is 12.2. The van der Waals surface area contributed by atoms with Gasteiger partial charge in [-0.1, -0.05) is 0 Å². The SMILES string of the molecule is CCOP12(OCCO1)OC(C)=C(C(C)=O)[C@@H]2c1ccccc1. The number of rotatable bonds is 4. The van der Waals surface area contributed by atoms with E-state index in [1.165, 1.54) is 0 Å². The third-order valence-corrected chi connectivity index (χ3v) is 7.99. The van der Waals surface area contributed by atoms with E-state index >= 15 is 0 Å². The van der Waals surface area contributed by atoms with Crippen molar-refractivity contribution in [2.45, 2.75) is 26.4 Å². The summed E-state index contributed by atoms with van der Waals surface area (Å²) >= 11 is 0. The number of carbonyl (C=O) groups excluding carboxylic acids is 1. The molecule has 2 heterocycles. The quantitative estimate of drug-likeness (QED) is 0.786. The van der Waals surface area contributed by atoms with Crippen LogP contribution in [0.1, 0.15) is 32.0 Å². The molecule has 0 bridgehead atoms. The van der Waals surface area contributed by atoms with Crippen LogP contribution in [0.5, 0.6) is 0 Å². The molecule has 1 aromatic carbocycles. The van der Waals surface area contributed by atoms with Crippen LogP contribution in [-0.4, -0.2) is 25.6 Å². The molecule has 5 nitrogen and oxygen atoms in total. The molecule has 0 unspecified atom stereocenters. The van der Waals surface area contributed by atoms with E-state index in [1.807, 2.05) is 37.3 Å². The van der Waals surface area contributed by atoms with Crippen LogP contribution in [0.2, 0.25) is 0 Å². The van der Waals surface area contributed by atoms with E-state index in [1.54, 1.807) is 13.8 Å². The van der Waals surface area contributed by atoms with E-state index in [9.17, 15) is 4.79 Å². The first-order valence-corrected chi connectivity index (χ1v) is 9.43. The van der Waals surface area contributed by atoms with Gasteiger partial charge in [0.1, 0.15) is 0 Å². The van der Waals surface area contributed by atoms with Crippen LogP contribution in [0.25, 0.3) is 0 Å². The number of allylic oxidation sites excluding steroid dienone is 2. The second-order valence-electron chi connectivity index (χ2n) is 5.38. The zero-order chi connectivity index (χ0) is 15.8. The number of hydrogen-bond donors (Lipinski definition) is 0. The summed E-state index contributed by atoms with van der Waals surface area (Å²) in [6.45, 7) is 6.38. The Hall–Kier alpha value is -1.26. The zero-order valence-electron chi connectivity index (χ0n) is 13.1. The van der Waals surface area contributed by atoms with E-state index < -0.39 is 13.2 Å². The first-order valence-electron chi connectivity index (χ1n) is 7.46. The van der Waals surface area contributed by atoms with Gasteiger partial charge in [0, 0.05) is 0 Å². The van der Waals surface area contributed by atoms with E-state index in [0.717, 1.165) is 5.56 Å². The molecule has 1 fully saturated rings. The molecule has 6 heteroatoms. The third kappa shape index (κ3) is 2.12. The summed E-state index contributed by atoms with van der Waals surface area (Å²) in [6, 6.07) is 9.69. The molecule has 0 saturated carbocycles. The molecule has 1 spiro atoms. The Morgan fingerprint density at radius 2 is 1.91 bits per heavy atom. The van der Waals surface area contributed by atoms with Crippen molar-refractivity contribution in [1.82, 2.24) is 0 Å². The van der Waals surface area contributed by atoms with Crippen molar-refractivity contribution in [1.29, 1.82) is 0 Å². The number of ketones is 1. The summed E-state index contributed by atoms with van der Waals surface area (Å²) < 4.78 is 24.2. The van der Waals surface area contributed by atoms with Crippen molar-refractivity contribution >= 4 is 13.3 Å². The van der Waals surface area contributed by atoms with Gasteiger partial charge < -0.3 is 0 Å². The molecule has 0 radical (unpaired) electrons. The predicted octanol–water partition coefficient (Wildman–Crippen LogP) is 3.92. The maximum absolute atomic E-state index is 12.2. The molecule has 0 N–H and O–H groups in total. The molecule has 1 aromatic rings. The number of carbonyl (C=O) groups is 1. The Labute approximate surface area is 130 Å². The zero-order valence-corrected chi connectivity index (χ0v) is 14.0. The second-order valence-corrected chi connectivity index (χ2v) is 8.59. The minimum absolute atomic E-state index is 0.0494. The Morgan fingerprint density at radius 3 is 2.45 bits per heavy atom. The first-order chi connectivity index (χ1) is 10.5. The molecule has 1 saturated heterocycles. The molecule has 0 aliphatic carbocycles. The van der Waals surface area contributed by atoms with Gasteiger partial charge in [-0.15, -0.1) is 0 Å². The normalized spacial score (nSPS) is 27.4. The van der Waals surface area contributed by atoms with E-state index in [-0.39, 0.29) is 5.78 Å². The molecule has 1 atom stereocenters. The summed E-state index contributed by atoms with van der Waals surface area (Å²) in [6.07, 6.45) is 0. The number of benzene rings is 1. The van der Waals surface area contributed by atoms with Crippen molar-refractivity contribution in [2.24, 2.45) is 0 Å². The van der Waals surface area contributed by atoms with Gasteiger partial charge in [-0.05, 0) is 0 Å². The van der Waals surface area contributed by atoms with Gasteiger partial charge in [0.15, 0.2) is 0 Å². The summed E-state index contributed by atoms with van der Waals surface area (Å²) in [5, 5.41) is 0. The van der Waals surface area contributed by atoms with Gasteiger partial charge in [0.25, 0.3) is 0 Å². The van der Waals surface area contributed by atoms with Crippen LogP contribution in [0.15, 0.2) is 41.7 Å². The van der Waals surface area contributed by atoms with Crippen molar-refractivity contribution in [3.05, 3.63) is 47.2 Å². The standard InChI is InChI=1S/C16H21O5P/c1-4-18-22(19-10-11-20-22)16(14-8-6-5-7-9-14)15(12(2)17)13(3)21-22/h5-9,16H,4,10-11H2,1-3H3/t16-/m0/s1. The molecule has 2 aliphatic rings. The maximum atomic E-state index is 12.2. The Morgan fingerprint density at radius 1 is 1.27 bits per heavy atom. The fraction of sp³-hybridized carbons (Fsp3) is 0.438. The Kier molecular flexibility index (Phi) is 3.86. The Bertz CT molecular complexity index is 619. The molecule has 3 rings (SSSR count). The van der Waals surface area contributed by atoms with Gasteiger partial charge in [0.05, 0.1) is 0 Å². The molecule has 0 amide bonds. The molecule has 22 heavy (non-hydrogen) atoms. The molecule has 0 aromatic heterocycles. The summed E-state index contributed by atoms with van der Waals surface area (Å²) in [5.41, 5.74) is 1.05. The van der Waals surface area contributed by atoms with E-state index in [4.69, 9.17) is 18.1 Å². The first kappa shape index (κ1) is 15.6. The molecule has 120 valence electrons. The van der Waals surface area contributed by atoms with Gasteiger partial charge in [-0.3, -0.25) is 0 Å². The number of Topliss-reactive ketones (excluding diaryl/α,β-unsaturated/α-hetero) is 1. The van der Waals surface area contributed by atoms with Crippen LogP contribution in [0.4, 0.5) is 0 Å². The van der Waals surface area contributed by atoms with Crippen LogP contribution in [-0.2, 0) is 22.9 Å². The average Bonchev–Trinajstić information content (AvgIpc) is 3.01. The fourth-order valence-corrected chi connectivity index (χ4v) is 7.53. The summed E-state index contributed by atoms with van der Waals surface area (Å²) in [7, 11) is -3.87. The van der Waals surface area contributed by atoms with Crippen LogP contribution in [0, 0.1) is 0 Å². The van der Waals surface area contributed by atoms with Crippen LogP contribution < -0.4 is 0 Å². The fourth-order valence-electron chi connectivity index (χ4n) is 3.29. The van der Waals surface area contributed by atoms with Crippen molar-refractivity contribution in [2.75, 3.05) is 19.8 Å². The van der Waals surface area contributed by atoms with Gasteiger partial charge in [-0.25, -0.2) is 0 Å². The van der Waals surface area contributed by atoms with Crippen molar-refractivity contribution in [3.8, 4) is 0 Å². The summed E-state index contributed by atoms with van der Waals surface area (Å²) in [5.74, 6) is 0.487. The molecular formula is C16H21O5P. The van der Waals surface area contributed by atoms with Crippen molar-refractivity contribution in [3.63, 3.8) is 0 Å². The Balaban J connectivity index is 2.21. The molecule has 2 aliphatic heterocycles. The monoisotopic (exact) mass is 324 g/mol. The van der Waals surface area contributed by atoms with E-state index in [2.05, 4.69) is 0 Å². The third-order valence-electron chi connectivity index (χ3n) is 3.96. The topological polar surface area (TPSA) is 54.0 Å². The average molecular weight is 324 g/mol.